The average Bonchev–Trinajstić information content (AvgIpc) is 3.14. The number of ether oxygens (including phenoxy) is 1. The largest absolute Gasteiger partial charge is 0.477 e. The maximum Gasteiger partial charge on any atom is 0.277 e. The standard InChI is InChI=1S/C16H13N7O/c1-24-15-14(20-16-17-9-18-23-16)19-13(21-22-15)12-8-4-6-10-5-2-3-7-11(10)12/h2-9H,1H3,(H2,17,18,19,20,21,23). The Morgan fingerprint density at radius 3 is 2.75 bits per heavy atom. The first kappa shape index (κ1) is 14.1. The summed E-state index contributed by atoms with van der Waals surface area (Å²) >= 11 is 0. The second-order valence-corrected chi connectivity index (χ2v) is 4.98. The van der Waals surface area contributed by atoms with Gasteiger partial charge in [-0.15, -0.1) is 10.2 Å². The molecule has 2 heterocycles. The highest BCUT2D eigenvalue weighted by molar-refractivity contribution is 5.95. The number of rotatable bonds is 4. The molecule has 0 aliphatic heterocycles. The Balaban J connectivity index is 1.83. The van der Waals surface area contributed by atoms with E-state index in [0.717, 1.165) is 16.3 Å². The summed E-state index contributed by atoms with van der Waals surface area (Å²) in [6.45, 7) is 0. The third-order valence-corrected chi connectivity index (χ3v) is 3.53. The summed E-state index contributed by atoms with van der Waals surface area (Å²) in [6, 6.07) is 14.0. The van der Waals surface area contributed by atoms with Gasteiger partial charge >= 0.3 is 0 Å². The van der Waals surface area contributed by atoms with Gasteiger partial charge in [-0.05, 0) is 10.8 Å². The van der Waals surface area contributed by atoms with Crippen LogP contribution in [0.2, 0.25) is 0 Å². The second kappa shape index (κ2) is 5.92. The van der Waals surface area contributed by atoms with Crippen LogP contribution in [0.5, 0.6) is 5.88 Å². The van der Waals surface area contributed by atoms with Gasteiger partial charge in [-0.3, -0.25) is 0 Å². The van der Waals surface area contributed by atoms with Crippen LogP contribution >= 0.6 is 0 Å². The molecule has 0 bridgehead atoms. The van der Waals surface area contributed by atoms with Gasteiger partial charge in [0.2, 0.25) is 5.95 Å². The van der Waals surface area contributed by atoms with Crippen LogP contribution < -0.4 is 10.1 Å². The number of aromatic amines is 1. The maximum atomic E-state index is 5.21. The number of nitrogens with zero attached hydrogens (tertiary/aromatic N) is 5. The van der Waals surface area contributed by atoms with Gasteiger partial charge in [-0.1, -0.05) is 42.5 Å². The highest BCUT2D eigenvalue weighted by Gasteiger charge is 2.14. The van der Waals surface area contributed by atoms with Crippen molar-refractivity contribution in [3.63, 3.8) is 0 Å². The average molecular weight is 319 g/mol. The van der Waals surface area contributed by atoms with Gasteiger partial charge in [0.15, 0.2) is 11.6 Å². The maximum absolute atomic E-state index is 5.21. The minimum atomic E-state index is 0.274. The van der Waals surface area contributed by atoms with Crippen molar-refractivity contribution < 1.29 is 4.74 Å². The Morgan fingerprint density at radius 1 is 1.04 bits per heavy atom. The predicted molar refractivity (Wildman–Crippen MR) is 89.0 cm³/mol. The molecule has 24 heavy (non-hydrogen) atoms. The highest BCUT2D eigenvalue weighted by atomic mass is 16.5. The number of benzene rings is 2. The van der Waals surface area contributed by atoms with Crippen molar-refractivity contribution >= 4 is 22.5 Å². The minimum Gasteiger partial charge on any atom is -0.477 e. The molecular weight excluding hydrogens is 306 g/mol. The molecule has 2 aromatic heterocycles. The van der Waals surface area contributed by atoms with Crippen molar-refractivity contribution in [1.29, 1.82) is 0 Å². The Hall–Kier alpha value is -3.55. The van der Waals surface area contributed by atoms with Crippen molar-refractivity contribution in [2.75, 3.05) is 12.4 Å². The van der Waals surface area contributed by atoms with Gasteiger partial charge < -0.3 is 10.1 Å². The Labute approximate surface area is 136 Å². The summed E-state index contributed by atoms with van der Waals surface area (Å²) in [5, 5.41) is 19.9. The molecule has 8 nitrogen and oxygen atoms in total. The molecule has 0 saturated heterocycles. The van der Waals surface area contributed by atoms with Crippen molar-refractivity contribution in [2.45, 2.75) is 0 Å². The molecule has 4 rings (SSSR count). The van der Waals surface area contributed by atoms with Gasteiger partial charge in [-0.2, -0.15) is 10.1 Å². The third-order valence-electron chi connectivity index (χ3n) is 3.53. The number of nitrogens with one attached hydrogen (secondary N) is 2. The van der Waals surface area contributed by atoms with Gasteiger partial charge in [-0.25, -0.2) is 10.1 Å². The van der Waals surface area contributed by atoms with Crippen molar-refractivity contribution in [3.8, 4) is 17.3 Å². The number of aromatic nitrogens is 6. The monoisotopic (exact) mass is 319 g/mol. The molecule has 0 aliphatic rings. The predicted octanol–water partition coefficient (Wildman–Crippen LogP) is 2.56. The van der Waals surface area contributed by atoms with Crippen LogP contribution in [-0.2, 0) is 0 Å². The van der Waals surface area contributed by atoms with Gasteiger partial charge in [0.1, 0.15) is 6.33 Å². The van der Waals surface area contributed by atoms with E-state index in [4.69, 9.17) is 4.74 Å². The lowest BCUT2D eigenvalue weighted by Crippen LogP contribution is -2.04. The summed E-state index contributed by atoms with van der Waals surface area (Å²) < 4.78 is 5.21. The zero-order valence-corrected chi connectivity index (χ0v) is 12.8. The van der Waals surface area contributed by atoms with Crippen molar-refractivity contribution in [3.05, 3.63) is 48.8 Å². The first-order valence-electron chi connectivity index (χ1n) is 7.24. The summed E-state index contributed by atoms with van der Waals surface area (Å²) in [4.78, 5) is 8.56. The van der Waals surface area contributed by atoms with E-state index in [2.05, 4.69) is 35.7 Å². The first-order valence-corrected chi connectivity index (χ1v) is 7.24. The van der Waals surface area contributed by atoms with Crippen LogP contribution in [0.15, 0.2) is 48.8 Å². The molecule has 0 radical (unpaired) electrons. The molecular formula is C16H13N7O. The number of fused-ring (bicyclic) bond motifs is 1. The molecule has 0 amide bonds. The number of hydrogen-bond acceptors (Lipinski definition) is 7. The summed E-state index contributed by atoms with van der Waals surface area (Å²) in [6.07, 6.45) is 1.40. The number of anilines is 2. The molecule has 0 unspecified atom stereocenters. The van der Waals surface area contributed by atoms with E-state index < -0.39 is 0 Å². The third kappa shape index (κ3) is 2.50. The molecule has 4 aromatic rings. The smallest absolute Gasteiger partial charge is 0.277 e. The summed E-state index contributed by atoms with van der Waals surface area (Å²) in [7, 11) is 1.51. The molecule has 2 N–H and O–H groups in total. The summed E-state index contributed by atoms with van der Waals surface area (Å²) in [5.41, 5.74) is 0.892. The van der Waals surface area contributed by atoms with Crippen LogP contribution in [0.25, 0.3) is 22.2 Å². The molecule has 0 spiro atoms. The molecule has 0 saturated carbocycles. The molecule has 0 aliphatic carbocycles. The second-order valence-electron chi connectivity index (χ2n) is 4.98. The van der Waals surface area contributed by atoms with Crippen LogP contribution in [0.3, 0.4) is 0 Å². The lowest BCUT2D eigenvalue weighted by molar-refractivity contribution is 0.392. The van der Waals surface area contributed by atoms with E-state index in [1.165, 1.54) is 13.4 Å². The van der Waals surface area contributed by atoms with Crippen molar-refractivity contribution in [1.82, 2.24) is 30.4 Å². The quantitative estimate of drug-likeness (QED) is 0.596. The zero-order chi connectivity index (χ0) is 16.4. The van der Waals surface area contributed by atoms with E-state index in [1.54, 1.807) is 0 Å². The highest BCUT2D eigenvalue weighted by Crippen LogP contribution is 2.28. The molecule has 2 aromatic carbocycles. The molecule has 118 valence electrons. The lowest BCUT2D eigenvalue weighted by atomic mass is 10.0. The Kier molecular flexibility index (Phi) is 3.47. The summed E-state index contributed by atoms with van der Waals surface area (Å²) in [5.74, 6) is 1.62. The fraction of sp³-hybridized carbons (Fsp3) is 0.0625. The van der Waals surface area contributed by atoms with E-state index >= 15 is 0 Å². The lowest BCUT2D eigenvalue weighted by Gasteiger charge is -2.09. The van der Waals surface area contributed by atoms with E-state index in [-0.39, 0.29) is 5.88 Å². The van der Waals surface area contributed by atoms with Crippen molar-refractivity contribution in [2.24, 2.45) is 0 Å². The number of methoxy groups -OCH3 is 1. The van der Waals surface area contributed by atoms with E-state index in [0.29, 0.717) is 17.6 Å². The fourth-order valence-corrected chi connectivity index (χ4v) is 2.45. The van der Waals surface area contributed by atoms with Crippen LogP contribution in [0.4, 0.5) is 11.8 Å². The molecule has 8 heteroatoms. The normalized spacial score (nSPS) is 10.7. The Morgan fingerprint density at radius 2 is 1.92 bits per heavy atom. The molecule has 0 fully saturated rings. The van der Waals surface area contributed by atoms with E-state index in [1.807, 2.05) is 42.5 Å². The van der Waals surface area contributed by atoms with Gasteiger partial charge in [0, 0.05) is 5.56 Å². The minimum absolute atomic E-state index is 0.274. The van der Waals surface area contributed by atoms with Crippen LogP contribution in [-0.4, -0.2) is 37.5 Å². The fourth-order valence-electron chi connectivity index (χ4n) is 2.45. The zero-order valence-electron chi connectivity index (χ0n) is 12.8. The van der Waals surface area contributed by atoms with Gasteiger partial charge in [0.05, 0.1) is 7.11 Å². The van der Waals surface area contributed by atoms with E-state index in [9.17, 15) is 0 Å². The number of hydrogen-bond donors (Lipinski definition) is 2. The topological polar surface area (TPSA) is 102 Å². The van der Waals surface area contributed by atoms with Crippen LogP contribution in [0, 0.1) is 0 Å². The van der Waals surface area contributed by atoms with Gasteiger partial charge in [0.25, 0.3) is 5.88 Å². The number of H-pyrrole nitrogens is 1. The molecule has 0 atom stereocenters. The Bertz CT molecular complexity index is 980. The SMILES string of the molecule is COc1nnc(-c2cccc3ccccc23)nc1Nc1ncn[nH]1. The van der Waals surface area contributed by atoms with Crippen LogP contribution in [0.1, 0.15) is 0 Å². The first-order chi connectivity index (χ1) is 11.8.